The minimum atomic E-state index is -4.69. The average Bonchev–Trinajstić information content (AvgIpc) is 2.20. The van der Waals surface area contributed by atoms with E-state index < -0.39 is 6.36 Å². The van der Waals surface area contributed by atoms with E-state index >= 15 is 0 Å². The maximum absolute atomic E-state index is 12.0. The van der Waals surface area contributed by atoms with Gasteiger partial charge in [0.2, 0.25) is 0 Å². The van der Waals surface area contributed by atoms with E-state index in [0.717, 1.165) is 6.42 Å². The standard InChI is InChI=1S/C11H12BrF3O2/c1-3-7(2)16-8-4-5-10(9(12)6-8)17-11(13,14)15/h4-7H,3H2,1-2H3. The van der Waals surface area contributed by atoms with Crippen LogP contribution < -0.4 is 9.47 Å². The highest BCUT2D eigenvalue weighted by molar-refractivity contribution is 9.10. The number of hydrogen-bond donors (Lipinski definition) is 0. The fourth-order valence-corrected chi connectivity index (χ4v) is 1.52. The molecule has 0 saturated carbocycles. The van der Waals surface area contributed by atoms with Gasteiger partial charge in [-0.3, -0.25) is 0 Å². The van der Waals surface area contributed by atoms with Crippen molar-refractivity contribution in [3.8, 4) is 11.5 Å². The Hall–Kier alpha value is -0.910. The van der Waals surface area contributed by atoms with Crippen molar-refractivity contribution in [1.82, 2.24) is 0 Å². The van der Waals surface area contributed by atoms with Gasteiger partial charge in [-0.1, -0.05) is 6.92 Å². The van der Waals surface area contributed by atoms with E-state index in [1.165, 1.54) is 18.2 Å². The second-order valence-electron chi connectivity index (χ2n) is 3.48. The Morgan fingerprint density at radius 3 is 2.47 bits per heavy atom. The van der Waals surface area contributed by atoms with Crippen LogP contribution in [0, 0.1) is 0 Å². The zero-order chi connectivity index (χ0) is 13.1. The largest absolute Gasteiger partial charge is 0.573 e. The lowest BCUT2D eigenvalue weighted by molar-refractivity contribution is -0.274. The molecule has 1 unspecified atom stereocenters. The van der Waals surface area contributed by atoms with Gasteiger partial charge in [0.25, 0.3) is 0 Å². The highest BCUT2D eigenvalue weighted by Gasteiger charge is 2.32. The van der Waals surface area contributed by atoms with Crippen molar-refractivity contribution in [2.24, 2.45) is 0 Å². The number of benzene rings is 1. The fraction of sp³-hybridized carbons (Fsp3) is 0.455. The molecule has 0 radical (unpaired) electrons. The Kier molecular flexibility index (Phi) is 4.68. The molecule has 0 aliphatic carbocycles. The Labute approximate surface area is 106 Å². The van der Waals surface area contributed by atoms with Crippen LogP contribution in [-0.2, 0) is 0 Å². The lowest BCUT2D eigenvalue weighted by Gasteiger charge is -2.15. The molecule has 1 rings (SSSR count). The zero-order valence-electron chi connectivity index (χ0n) is 9.34. The molecule has 17 heavy (non-hydrogen) atoms. The van der Waals surface area contributed by atoms with Gasteiger partial charge >= 0.3 is 6.36 Å². The van der Waals surface area contributed by atoms with Crippen molar-refractivity contribution in [3.05, 3.63) is 22.7 Å². The lowest BCUT2D eigenvalue weighted by Crippen LogP contribution is -2.17. The summed E-state index contributed by atoms with van der Waals surface area (Å²) in [4.78, 5) is 0. The zero-order valence-corrected chi connectivity index (χ0v) is 10.9. The fourth-order valence-electron chi connectivity index (χ4n) is 1.08. The molecule has 0 spiro atoms. The molecular formula is C11H12BrF3O2. The van der Waals surface area contributed by atoms with E-state index in [9.17, 15) is 13.2 Å². The van der Waals surface area contributed by atoms with Crippen LogP contribution in [0.2, 0.25) is 0 Å². The van der Waals surface area contributed by atoms with Crippen LogP contribution in [0.25, 0.3) is 0 Å². The number of ether oxygens (including phenoxy) is 2. The first kappa shape index (κ1) is 14.2. The minimum Gasteiger partial charge on any atom is -0.491 e. The molecule has 0 aromatic heterocycles. The Bertz CT molecular complexity index is 379. The summed E-state index contributed by atoms with van der Waals surface area (Å²) in [6, 6.07) is 4.11. The van der Waals surface area contributed by atoms with Gasteiger partial charge in [-0.15, -0.1) is 13.2 Å². The molecule has 2 nitrogen and oxygen atoms in total. The summed E-state index contributed by atoms with van der Waals surface area (Å²) in [6.45, 7) is 3.84. The summed E-state index contributed by atoms with van der Waals surface area (Å²) in [5, 5.41) is 0. The summed E-state index contributed by atoms with van der Waals surface area (Å²) in [7, 11) is 0. The van der Waals surface area contributed by atoms with Gasteiger partial charge in [0, 0.05) is 0 Å². The molecule has 0 aliphatic heterocycles. The smallest absolute Gasteiger partial charge is 0.491 e. The molecule has 0 fully saturated rings. The van der Waals surface area contributed by atoms with Crippen LogP contribution in [-0.4, -0.2) is 12.5 Å². The van der Waals surface area contributed by atoms with Gasteiger partial charge in [0.1, 0.15) is 11.5 Å². The topological polar surface area (TPSA) is 18.5 Å². The molecule has 0 amide bonds. The SMILES string of the molecule is CCC(C)Oc1ccc(OC(F)(F)F)c(Br)c1. The lowest BCUT2D eigenvalue weighted by atomic mass is 10.3. The van der Waals surface area contributed by atoms with Gasteiger partial charge in [-0.05, 0) is 47.5 Å². The third-order valence-corrected chi connectivity index (χ3v) is 2.66. The Morgan fingerprint density at radius 1 is 1.35 bits per heavy atom. The number of hydrogen-bond acceptors (Lipinski definition) is 2. The van der Waals surface area contributed by atoms with Crippen LogP contribution in [0.4, 0.5) is 13.2 Å². The van der Waals surface area contributed by atoms with Crippen molar-refractivity contribution in [1.29, 1.82) is 0 Å². The van der Waals surface area contributed by atoms with Gasteiger partial charge in [-0.2, -0.15) is 0 Å². The molecule has 1 aromatic rings. The van der Waals surface area contributed by atoms with Gasteiger partial charge in [-0.25, -0.2) is 0 Å². The van der Waals surface area contributed by atoms with Crippen LogP contribution in [0.5, 0.6) is 11.5 Å². The molecule has 96 valence electrons. The van der Waals surface area contributed by atoms with E-state index in [-0.39, 0.29) is 16.3 Å². The quantitative estimate of drug-likeness (QED) is 0.813. The number of rotatable bonds is 4. The summed E-state index contributed by atoms with van der Waals surface area (Å²) < 4.78 is 45.5. The molecular weight excluding hydrogens is 301 g/mol. The molecule has 0 N–H and O–H groups in total. The van der Waals surface area contributed by atoms with Gasteiger partial charge < -0.3 is 9.47 Å². The average molecular weight is 313 g/mol. The molecule has 0 bridgehead atoms. The third kappa shape index (κ3) is 4.85. The summed E-state index contributed by atoms with van der Waals surface area (Å²) in [6.07, 6.45) is -3.86. The second kappa shape index (κ2) is 5.62. The summed E-state index contributed by atoms with van der Waals surface area (Å²) in [5.41, 5.74) is 0. The number of halogens is 4. The third-order valence-electron chi connectivity index (χ3n) is 2.04. The van der Waals surface area contributed by atoms with Crippen molar-refractivity contribution < 1.29 is 22.6 Å². The Morgan fingerprint density at radius 2 is 2.00 bits per heavy atom. The highest BCUT2D eigenvalue weighted by Crippen LogP contribution is 2.33. The maximum Gasteiger partial charge on any atom is 0.573 e. The predicted octanol–water partition coefficient (Wildman–Crippen LogP) is 4.53. The van der Waals surface area contributed by atoms with Crippen molar-refractivity contribution in [3.63, 3.8) is 0 Å². The molecule has 0 heterocycles. The second-order valence-corrected chi connectivity index (χ2v) is 4.33. The molecule has 1 atom stereocenters. The number of alkyl halides is 3. The predicted molar refractivity (Wildman–Crippen MR) is 61.2 cm³/mol. The molecule has 6 heteroatoms. The van der Waals surface area contributed by atoms with E-state index in [0.29, 0.717) is 5.75 Å². The van der Waals surface area contributed by atoms with Crippen LogP contribution in [0.1, 0.15) is 20.3 Å². The van der Waals surface area contributed by atoms with E-state index in [2.05, 4.69) is 20.7 Å². The summed E-state index contributed by atoms with van der Waals surface area (Å²) in [5.74, 6) is 0.217. The van der Waals surface area contributed by atoms with Crippen LogP contribution >= 0.6 is 15.9 Å². The Balaban J connectivity index is 2.79. The molecule has 1 aromatic carbocycles. The molecule has 0 saturated heterocycles. The molecule has 0 aliphatic rings. The van der Waals surface area contributed by atoms with Gasteiger partial charge in [0.15, 0.2) is 0 Å². The first-order valence-corrected chi connectivity index (χ1v) is 5.83. The van der Waals surface area contributed by atoms with Crippen molar-refractivity contribution in [2.45, 2.75) is 32.7 Å². The first-order valence-electron chi connectivity index (χ1n) is 5.03. The van der Waals surface area contributed by atoms with Gasteiger partial charge in [0.05, 0.1) is 10.6 Å². The normalized spacial score (nSPS) is 13.3. The van der Waals surface area contributed by atoms with E-state index in [1.807, 2.05) is 13.8 Å². The van der Waals surface area contributed by atoms with E-state index in [4.69, 9.17) is 4.74 Å². The first-order chi connectivity index (χ1) is 7.81. The minimum absolute atomic E-state index is 0.0104. The van der Waals surface area contributed by atoms with Crippen LogP contribution in [0.15, 0.2) is 22.7 Å². The van der Waals surface area contributed by atoms with Crippen molar-refractivity contribution in [2.75, 3.05) is 0 Å². The van der Waals surface area contributed by atoms with Crippen LogP contribution in [0.3, 0.4) is 0 Å². The highest BCUT2D eigenvalue weighted by atomic mass is 79.9. The maximum atomic E-state index is 12.0. The monoisotopic (exact) mass is 312 g/mol. The summed E-state index contributed by atoms with van der Waals surface area (Å²) >= 11 is 3.01. The van der Waals surface area contributed by atoms with Crippen molar-refractivity contribution >= 4 is 15.9 Å². The van der Waals surface area contributed by atoms with E-state index in [1.54, 1.807) is 0 Å².